The van der Waals surface area contributed by atoms with E-state index in [1.807, 2.05) is 30.3 Å². The first-order chi connectivity index (χ1) is 9.40. The van der Waals surface area contributed by atoms with Crippen LogP contribution in [0.3, 0.4) is 0 Å². The molecular formula is C12H11N5OS. The second-order valence-electron chi connectivity index (χ2n) is 3.86. The van der Waals surface area contributed by atoms with Crippen molar-refractivity contribution in [1.82, 2.24) is 25.6 Å². The third kappa shape index (κ3) is 3.19. The number of thioether (sulfide) groups is 1. The zero-order valence-corrected chi connectivity index (χ0v) is 10.8. The van der Waals surface area contributed by atoms with Crippen molar-refractivity contribution in [2.75, 3.05) is 0 Å². The van der Waals surface area contributed by atoms with Crippen LogP contribution in [-0.4, -0.2) is 25.6 Å². The molecule has 0 spiro atoms. The lowest BCUT2D eigenvalue weighted by atomic mass is 10.1. The van der Waals surface area contributed by atoms with Crippen LogP contribution in [0.25, 0.3) is 0 Å². The molecule has 19 heavy (non-hydrogen) atoms. The molecule has 1 N–H and O–H groups in total. The zero-order valence-electron chi connectivity index (χ0n) is 9.98. The lowest BCUT2D eigenvalue weighted by Gasteiger charge is -1.94. The van der Waals surface area contributed by atoms with Crippen LogP contribution in [-0.2, 0) is 12.2 Å². The van der Waals surface area contributed by atoms with E-state index < -0.39 is 0 Å². The fraction of sp³-hybridized carbons (Fsp3) is 0.167. The molecule has 2 heterocycles. The largest absolute Gasteiger partial charge is 0.338 e. The van der Waals surface area contributed by atoms with E-state index in [4.69, 9.17) is 4.52 Å². The summed E-state index contributed by atoms with van der Waals surface area (Å²) >= 11 is 1.50. The molecule has 0 aliphatic carbocycles. The van der Waals surface area contributed by atoms with E-state index in [2.05, 4.69) is 25.6 Å². The van der Waals surface area contributed by atoms with Crippen molar-refractivity contribution >= 4 is 11.8 Å². The Hall–Kier alpha value is -2.15. The minimum absolute atomic E-state index is 0.592. The molecule has 0 amide bonds. The molecule has 0 unspecified atom stereocenters. The van der Waals surface area contributed by atoms with Gasteiger partial charge in [0.25, 0.3) is 0 Å². The third-order valence-electron chi connectivity index (χ3n) is 2.45. The quantitative estimate of drug-likeness (QED) is 0.717. The summed E-state index contributed by atoms with van der Waals surface area (Å²) in [5.41, 5.74) is 1.17. The summed E-state index contributed by atoms with van der Waals surface area (Å²) in [7, 11) is 0. The van der Waals surface area contributed by atoms with E-state index in [9.17, 15) is 0 Å². The van der Waals surface area contributed by atoms with Crippen LogP contribution in [0.5, 0.6) is 0 Å². The molecule has 96 valence electrons. The Kier molecular flexibility index (Phi) is 3.55. The molecule has 1 aromatic carbocycles. The topological polar surface area (TPSA) is 80.5 Å². The minimum Gasteiger partial charge on any atom is -0.338 e. The number of benzene rings is 1. The van der Waals surface area contributed by atoms with Gasteiger partial charge in [-0.2, -0.15) is 15.3 Å². The second-order valence-corrected chi connectivity index (χ2v) is 4.86. The fourth-order valence-electron chi connectivity index (χ4n) is 1.60. The van der Waals surface area contributed by atoms with Gasteiger partial charge < -0.3 is 4.52 Å². The van der Waals surface area contributed by atoms with Gasteiger partial charge in [0.2, 0.25) is 5.89 Å². The van der Waals surface area contributed by atoms with Crippen LogP contribution < -0.4 is 0 Å². The monoisotopic (exact) mass is 273 g/mol. The Labute approximate surface area is 113 Å². The highest BCUT2D eigenvalue weighted by Gasteiger charge is 2.08. The Morgan fingerprint density at radius 2 is 2.11 bits per heavy atom. The fourth-order valence-corrected chi connectivity index (χ4v) is 2.22. The van der Waals surface area contributed by atoms with E-state index in [-0.39, 0.29) is 0 Å². The van der Waals surface area contributed by atoms with E-state index in [1.54, 1.807) is 6.20 Å². The first kappa shape index (κ1) is 11.9. The summed E-state index contributed by atoms with van der Waals surface area (Å²) in [5.74, 6) is 1.88. The Balaban J connectivity index is 1.60. The van der Waals surface area contributed by atoms with E-state index >= 15 is 0 Å². The SMILES string of the molecule is c1ccc(Cc2noc(CSc3cn[nH]n3)n2)cc1. The van der Waals surface area contributed by atoms with Gasteiger partial charge in [0.05, 0.1) is 11.9 Å². The van der Waals surface area contributed by atoms with Gasteiger partial charge in [0, 0.05) is 6.42 Å². The molecule has 2 aromatic heterocycles. The number of nitrogens with one attached hydrogen (secondary N) is 1. The number of nitrogens with zero attached hydrogens (tertiary/aromatic N) is 4. The van der Waals surface area contributed by atoms with Crippen molar-refractivity contribution in [3.8, 4) is 0 Å². The number of hydrogen-bond acceptors (Lipinski definition) is 6. The summed E-state index contributed by atoms with van der Waals surface area (Å²) in [5, 5.41) is 15.0. The summed E-state index contributed by atoms with van der Waals surface area (Å²) in [6, 6.07) is 10.1. The molecule has 3 rings (SSSR count). The summed E-state index contributed by atoms with van der Waals surface area (Å²) in [6.07, 6.45) is 2.34. The molecule has 0 saturated heterocycles. The van der Waals surface area contributed by atoms with Gasteiger partial charge in [0.1, 0.15) is 5.03 Å². The first-order valence-corrected chi connectivity index (χ1v) is 6.72. The summed E-state index contributed by atoms with van der Waals surface area (Å²) in [6.45, 7) is 0. The van der Waals surface area contributed by atoms with Crippen molar-refractivity contribution in [2.45, 2.75) is 17.2 Å². The van der Waals surface area contributed by atoms with E-state index in [1.165, 1.54) is 17.3 Å². The van der Waals surface area contributed by atoms with E-state index in [0.29, 0.717) is 23.9 Å². The van der Waals surface area contributed by atoms with Gasteiger partial charge in [-0.15, -0.1) is 5.10 Å². The number of aromatic nitrogens is 5. The highest BCUT2D eigenvalue weighted by Crippen LogP contribution is 2.18. The third-order valence-corrected chi connectivity index (χ3v) is 3.34. The standard InChI is InChI=1S/C12H11N5OS/c1-2-4-9(5-3-1)6-10-14-11(18-16-10)8-19-12-7-13-17-15-12/h1-5,7H,6,8H2,(H,13,15,17). The summed E-state index contributed by atoms with van der Waals surface area (Å²) < 4.78 is 5.19. The molecule has 6 nitrogen and oxygen atoms in total. The predicted molar refractivity (Wildman–Crippen MR) is 69.5 cm³/mol. The Morgan fingerprint density at radius 1 is 1.21 bits per heavy atom. The molecule has 0 bridgehead atoms. The highest BCUT2D eigenvalue weighted by atomic mass is 32.2. The molecule has 7 heteroatoms. The lowest BCUT2D eigenvalue weighted by Crippen LogP contribution is -1.90. The van der Waals surface area contributed by atoms with Gasteiger partial charge in [-0.1, -0.05) is 47.3 Å². The average Bonchev–Trinajstić information content (AvgIpc) is 3.09. The Bertz CT molecular complexity index is 623. The van der Waals surface area contributed by atoms with Gasteiger partial charge in [-0.3, -0.25) is 0 Å². The van der Waals surface area contributed by atoms with Gasteiger partial charge in [0.15, 0.2) is 5.82 Å². The molecule has 0 fully saturated rings. The predicted octanol–water partition coefficient (Wildman–Crippen LogP) is 2.07. The van der Waals surface area contributed by atoms with Crippen molar-refractivity contribution in [3.05, 3.63) is 53.8 Å². The Morgan fingerprint density at radius 3 is 2.89 bits per heavy atom. The highest BCUT2D eigenvalue weighted by molar-refractivity contribution is 7.98. The number of H-pyrrole nitrogens is 1. The van der Waals surface area contributed by atoms with Crippen molar-refractivity contribution in [2.24, 2.45) is 0 Å². The van der Waals surface area contributed by atoms with Crippen LogP contribution in [0.15, 0.2) is 46.1 Å². The zero-order chi connectivity index (χ0) is 12.9. The lowest BCUT2D eigenvalue weighted by molar-refractivity contribution is 0.386. The van der Waals surface area contributed by atoms with Gasteiger partial charge in [-0.05, 0) is 5.56 Å². The molecular weight excluding hydrogens is 262 g/mol. The maximum atomic E-state index is 5.19. The first-order valence-electron chi connectivity index (χ1n) is 5.74. The number of rotatable bonds is 5. The molecule has 0 aliphatic heterocycles. The minimum atomic E-state index is 0.592. The van der Waals surface area contributed by atoms with Crippen molar-refractivity contribution in [3.63, 3.8) is 0 Å². The molecule has 0 aliphatic rings. The maximum absolute atomic E-state index is 5.19. The molecule has 0 atom stereocenters. The van der Waals surface area contributed by atoms with Crippen molar-refractivity contribution < 1.29 is 4.52 Å². The van der Waals surface area contributed by atoms with Crippen LogP contribution in [0, 0.1) is 0 Å². The van der Waals surface area contributed by atoms with E-state index in [0.717, 1.165) is 5.03 Å². The molecule has 3 aromatic rings. The normalized spacial score (nSPS) is 10.7. The average molecular weight is 273 g/mol. The van der Waals surface area contributed by atoms with Crippen LogP contribution in [0.2, 0.25) is 0 Å². The van der Waals surface area contributed by atoms with Gasteiger partial charge >= 0.3 is 0 Å². The smallest absolute Gasteiger partial charge is 0.237 e. The van der Waals surface area contributed by atoms with Gasteiger partial charge in [-0.25, -0.2) is 0 Å². The van der Waals surface area contributed by atoms with Crippen LogP contribution >= 0.6 is 11.8 Å². The molecule has 0 saturated carbocycles. The second kappa shape index (κ2) is 5.66. The van der Waals surface area contributed by atoms with Crippen molar-refractivity contribution in [1.29, 1.82) is 0 Å². The molecule has 0 radical (unpaired) electrons. The number of aromatic amines is 1. The van der Waals surface area contributed by atoms with Crippen LogP contribution in [0.1, 0.15) is 17.3 Å². The summed E-state index contributed by atoms with van der Waals surface area (Å²) in [4.78, 5) is 4.35. The maximum Gasteiger partial charge on any atom is 0.237 e. The van der Waals surface area contributed by atoms with Crippen LogP contribution in [0.4, 0.5) is 0 Å². The number of hydrogen-bond donors (Lipinski definition) is 1.